The van der Waals surface area contributed by atoms with Crippen LogP contribution in [0.15, 0.2) is 30.3 Å². The lowest BCUT2D eigenvalue weighted by molar-refractivity contribution is -0.138. The minimum atomic E-state index is -1.84. The lowest BCUT2D eigenvalue weighted by Gasteiger charge is -2.27. The summed E-state index contributed by atoms with van der Waals surface area (Å²) >= 11 is 0. The monoisotopic (exact) mass is 1190 g/mol. The fourth-order valence-corrected chi connectivity index (χ4v) is 8.67. The number of aliphatic hydroxyl groups excluding tert-OH is 3. The molecule has 0 aliphatic rings. The first-order valence-electron chi connectivity index (χ1n) is 29.2. The zero-order valence-electron chi connectivity index (χ0n) is 49.3. The number of amides is 8. The van der Waals surface area contributed by atoms with Crippen molar-refractivity contribution in [3.63, 3.8) is 0 Å². The average Bonchev–Trinajstić information content (AvgIpc) is 3.62. The predicted octanol–water partition coefficient (Wildman–Crippen LogP) is -1.05. The van der Waals surface area contributed by atoms with Crippen molar-refractivity contribution in [1.29, 1.82) is 10.8 Å². The van der Waals surface area contributed by atoms with E-state index in [-0.39, 0.29) is 64.0 Å². The lowest BCUT2D eigenvalue weighted by Crippen LogP contribution is -2.61. The number of rotatable bonds is 46. The number of carbonyl (C=O) groups is 10. The number of unbranched alkanes of at least 4 members (excludes halogenated alkanes) is 12. The molecule has 8 amide bonds. The standard InChI is InChI=1S/C56H96N14O14/c1-5-6-7-8-9-10-11-12-13-14-15-16-20-27-45(75)70-47(37(4)74)54(84)63-35(2)48(78)67-42(32-38-23-18-17-19-24-38)51(81)65-41(26-22-31-62-56(59)60)50(80)68-44(34-72)53(83)69-43(33-71)52(82)66-40(25-21-30-61-55(57)58)49(79)64-39(36(3)73)28-29-46(76)77/h17-19,23-24,35,37,39-44,47,71-72,74H,5-16,20-22,25-34H2,1-4H3,(H,63,84)(H,64,79)(H,65,81)(H,66,82)(H,67,78)(H,68,80)(H,69,83)(H,70,75)(H,76,77)(H4,57,58,61)(H4,59,60,62)/t35-,37+,39-,40-,41-,42-,43-,44-,47-/m0/s1. The van der Waals surface area contributed by atoms with E-state index in [4.69, 9.17) is 27.4 Å². The number of hydrogen-bond acceptors (Lipinski definition) is 15. The van der Waals surface area contributed by atoms with Crippen LogP contribution in [-0.2, 0) is 54.4 Å². The molecule has 0 heterocycles. The van der Waals surface area contributed by atoms with Crippen molar-refractivity contribution in [1.82, 2.24) is 53.2 Å². The molecular formula is C56H96N14O14. The maximum atomic E-state index is 14.3. The van der Waals surface area contributed by atoms with Gasteiger partial charge in [-0.25, -0.2) is 0 Å². The summed E-state index contributed by atoms with van der Waals surface area (Å²) in [4.78, 5) is 132. The SMILES string of the molecule is CCCCCCCCCCCCCCCC(=O)N[C@H](C(=O)N[C@@H](C)C(=O)N[C@@H](Cc1ccccc1)C(=O)N[C@@H](CCCNC(=N)N)C(=O)N[C@@H](CO)C(=O)N[C@@H](CO)C(=O)N[C@@H](CCCNC(=N)N)C(=O)N[C@@H](CCC(=O)O)C(C)=O)[C@@H](C)O. The molecule has 0 spiro atoms. The molecule has 0 saturated heterocycles. The molecule has 0 bridgehead atoms. The highest BCUT2D eigenvalue weighted by Crippen LogP contribution is 2.14. The van der Waals surface area contributed by atoms with Gasteiger partial charge >= 0.3 is 5.97 Å². The molecular weight excluding hydrogens is 1090 g/mol. The molecule has 1 aromatic rings. The summed E-state index contributed by atoms with van der Waals surface area (Å²) in [6.07, 6.45) is 12.4. The number of ketones is 1. The summed E-state index contributed by atoms with van der Waals surface area (Å²) in [7, 11) is 0. The Bertz CT molecular complexity index is 2240. The van der Waals surface area contributed by atoms with E-state index in [0.29, 0.717) is 12.0 Å². The number of aliphatic hydroxyl groups is 3. The van der Waals surface area contributed by atoms with Crippen LogP contribution in [0, 0.1) is 10.8 Å². The van der Waals surface area contributed by atoms with E-state index in [1.54, 1.807) is 30.3 Å². The molecule has 0 unspecified atom stereocenters. The molecule has 0 aliphatic heterocycles. The van der Waals surface area contributed by atoms with Crippen LogP contribution in [0.25, 0.3) is 0 Å². The zero-order valence-corrected chi connectivity index (χ0v) is 49.3. The normalized spacial score (nSPS) is 14.2. The Balaban J connectivity index is 3.20. The highest BCUT2D eigenvalue weighted by atomic mass is 16.4. The van der Waals surface area contributed by atoms with Crippen LogP contribution in [0.2, 0.25) is 0 Å². The van der Waals surface area contributed by atoms with Gasteiger partial charge in [-0.05, 0) is 64.9 Å². The number of Topliss-reactive ketones (excluding diaryl/α,β-unsaturated/α-hetero) is 1. The highest BCUT2D eigenvalue weighted by Gasteiger charge is 2.34. The van der Waals surface area contributed by atoms with Gasteiger partial charge < -0.3 is 85.1 Å². The topological polar surface area (TPSA) is 472 Å². The Morgan fingerprint density at radius 2 is 0.893 bits per heavy atom. The van der Waals surface area contributed by atoms with E-state index >= 15 is 0 Å². The van der Waals surface area contributed by atoms with Crippen LogP contribution >= 0.6 is 0 Å². The van der Waals surface area contributed by atoms with Crippen molar-refractivity contribution in [3.8, 4) is 0 Å². The Morgan fingerprint density at radius 3 is 1.31 bits per heavy atom. The van der Waals surface area contributed by atoms with Gasteiger partial charge in [-0.15, -0.1) is 0 Å². The second-order valence-corrected chi connectivity index (χ2v) is 20.9. The van der Waals surface area contributed by atoms with Gasteiger partial charge in [-0.3, -0.25) is 58.8 Å². The summed E-state index contributed by atoms with van der Waals surface area (Å²) in [6, 6.07) is -3.59. The summed E-state index contributed by atoms with van der Waals surface area (Å²) in [5, 5.41) is 79.7. The smallest absolute Gasteiger partial charge is 0.303 e. The number of carboxylic acids is 1. The van der Waals surface area contributed by atoms with Gasteiger partial charge in [0.2, 0.25) is 47.3 Å². The molecule has 9 atom stereocenters. The van der Waals surface area contributed by atoms with E-state index in [0.717, 1.165) is 32.6 Å². The summed E-state index contributed by atoms with van der Waals surface area (Å²) in [5.41, 5.74) is 11.3. The van der Waals surface area contributed by atoms with Gasteiger partial charge in [0.1, 0.15) is 42.3 Å². The van der Waals surface area contributed by atoms with E-state index in [1.807, 2.05) is 0 Å². The van der Waals surface area contributed by atoms with E-state index < -0.39 is 139 Å². The zero-order chi connectivity index (χ0) is 63.0. The molecule has 28 nitrogen and oxygen atoms in total. The number of hydrogen-bond donors (Lipinski definition) is 18. The Hall–Kier alpha value is -7.46. The molecule has 0 aromatic heterocycles. The first kappa shape index (κ1) is 74.6. The molecule has 84 heavy (non-hydrogen) atoms. The molecule has 0 fully saturated rings. The van der Waals surface area contributed by atoms with Crippen molar-refractivity contribution >= 4 is 70.9 Å². The van der Waals surface area contributed by atoms with Crippen LogP contribution < -0.4 is 64.6 Å². The fourth-order valence-electron chi connectivity index (χ4n) is 8.67. The van der Waals surface area contributed by atoms with Crippen LogP contribution in [-0.4, -0.2) is 172 Å². The van der Waals surface area contributed by atoms with Crippen LogP contribution in [0.1, 0.15) is 162 Å². The quantitative estimate of drug-likeness (QED) is 0.0210. The van der Waals surface area contributed by atoms with Crippen molar-refractivity contribution in [2.24, 2.45) is 11.5 Å². The first-order chi connectivity index (χ1) is 39.9. The van der Waals surface area contributed by atoms with Crippen LogP contribution in [0.5, 0.6) is 0 Å². The second kappa shape index (κ2) is 43.2. The number of aliphatic carboxylic acids is 1. The second-order valence-electron chi connectivity index (χ2n) is 20.9. The van der Waals surface area contributed by atoms with Crippen molar-refractivity contribution in [3.05, 3.63) is 35.9 Å². The summed E-state index contributed by atoms with van der Waals surface area (Å²) in [6.45, 7) is 3.91. The Morgan fingerprint density at radius 1 is 0.488 bits per heavy atom. The lowest BCUT2D eigenvalue weighted by atomic mass is 10.0. The molecule has 0 aliphatic carbocycles. The average molecular weight is 1190 g/mol. The maximum Gasteiger partial charge on any atom is 0.303 e. The largest absolute Gasteiger partial charge is 0.481 e. The van der Waals surface area contributed by atoms with Gasteiger partial charge in [0.15, 0.2) is 17.7 Å². The number of benzene rings is 1. The third-order valence-corrected chi connectivity index (χ3v) is 13.6. The third-order valence-electron chi connectivity index (χ3n) is 13.6. The number of carbonyl (C=O) groups excluding carboxylic acids is 9. The van der Waals surface area contributed by atoms with E-state index in [1.165, 1.54) is 65.2 Å². The van der Waals surface area contributed by atoms with Crippen molar-refractivity contribution in [2.75, 3.05) is 26.3 Å². The Labute approximate surface area is 492 Å². The van der Waals surface area contributed by atoms with Gasteiger partial charge in [-0.1, -0.05) is 114 Å². The predicted molar refractivity (Wildman–Crippen MR) is 313 cm³/mol. The number of guanidine groups is 2. The molecule has 474 valence electrons. The molecule has 0 radical (unpaired) electrons. The van der Waals surface area contributed by atoms with Crippen LogP contribution in [0.3, 0.4) is 0 Å². The summed E-state index contributed by atoms with van der Waals surface area (Å²) in [5.74, 6) is -9.99. The molecule has 28 heteroatoms. The fraction of sp³-hybridized carbons (Fsp3) is 0.679. The number of nitrogens with one attached hydrogen (secondary N) is 12. The third kappa shape index (κ3) is 33.0. The molecule has 1 rings (SSSR count). The number of nitrogens with two attached hydrogens (primary N) is 2. The highest BCUT2D eigenvalue weighted by molar-refractivity contribution is 5.98. The minimum absolute atomic E-state index is 0.0327. The van der Waals surface area contributed by atoms with Gasteiger partial charge in [0, 0.05) is 32.4 Å². The Kier molecular flexibility index (Phi) is 38.4. The minimum Gasteiger partial charge on any atom is -0.481 e. The van der Waals surface area contributed by atoms with Gasteiger partial charge in [-0.2, -0.15) is 0 Å². The van der Waals surface area contributed by atoms with Gasteiger partial charge in [0.25, 0.3) is 0 Å². The van der Waals surface area contributed by atoms with Gasteiger partial charge in [0.05, 0.1) is 25.4 Å². The maximum absolute atomic E-state index is 14.3. The van der Waals surface area contributed by atoms with Crippen molar-refractivity contribution in [2.45, 2.75) is 217 Å². The van der Waals surface area contributed by atoms with E-state index in [2.05, 4.69) is 60.1 Å². The van der Waals surface area contributed by atoms with Crippen LogP contribution in [0.4, 0.5) is 0 Å². The van der Waals surface area contributed by atoms with E-state index in [9.17, 15) is 63.3 Å². The van der Waals surface area contributed by atoms with Crippen molar-refractivity contribution < 1.29 is 68.4 Å². The summed E-state index contributed by atoms with van der Waals surface area (Å²) < 4.78 is 0. The number of carboxylic acid groups (broad SMARTS) is 1. The first-order valence-corrected chi connectivity index (χ1v) is 29.2. The molecule has 0 saturated carbocycles. The molecule has 1 aromatic carbocycles. The molecule has 20 N–H and O–H groups in total.